The molecule has 2 N–H and O–H groups in total. The highest BCUT2D eigenvalue weighted by atomic mass is 32.2. The molecule has 1 fully saturated rings. The Bertz CT molecular complexity index is 197. The van der Waals surface area contributed by atoms with Crippen molar-refractivity contribution >= 4 is 17.7 Å². The molecule has 0 bridgehead atoms. The summed E-state index contributed by atoms with van der Waals surface area (Å²) in [5, 5.41) is 18.0. The van der Waals surface area contributed by atoms with Gasteiger partial charge in [0.15, 0.2) is 0 Å². The quantitative estimate of drug-likeness (QED) is 0.646. The predicted octanol–water partition coefficient (Wildman–Crippen LogP) is -0.503. The Hall–Kier alpha value is -0.300. The molecule has 1 heterocycles. The molecule has 1 unspecified atom stereocenters. The first-order chi connectivity index (χ1) is 7.18. The highest BCUT2D eigenvalue weighted by Crippen LogP contribution is 2.05. The number of rotatable bonds is 6. The maximum Gasteiger partial charge on any atom is 0.313 e. The molecule has 1 atom stereocenters. The number of aliphatic carboxylic acids is 1. The largest absolute Gasteiger partial charge is 0.481 e. The standard InChI is InChI=1S/C9H17NO4S/c11-8(6-15-7-9(12)13)5-10-1-3-14-4-2-10/h8,11H,1-7H2,(H,12,13). The van der Waals surface area contributed by atoms with Crippen LogP contribution in [0.2, 0.25) is 0 Å². The number of hydrogen-bond donors (Lipinski definition) is 2. The number of morpholine rings is 1. The summed E-state index contributed by atoms with van der Waals surface area (Å²) in [7, 11) is 0. The second-order valence-corrected chi connectivity index (χ2v) is 4.51. The van der Waals surface area contributed by atoms with Gasteiger partial charge in [-0.1, -0.05) is 0 Å². The third-order valence-electron chi connectivity index (χ3n) is 2.11. The van der Waals surface area contributed by atoms with Crippen molar-refractivity contribution < 1.29 is 19.7 Å². The van der Waals surface area contributed by atoms with E-state index in [9.17, 15) is 9.90 Å². The van der Waals surface area contributed by atoms with Gasteiger partial charge in [0.25, 0.3) is 0 Å². The van der Waals surface area contributed by atoms with Gasteiger partial charge in [-0.2, -0.15) is 0 Å². The molecule has 5 nitrogen and oxygen atoms in total. The molecule has 0 aromatic carbocycles. The molecule has 0 radical (unpaired) electrons. The van der Waals surface area contributed by atoms with E-state index >= 15 is 0 Å². The van der Waals surface area contributed by atoms with Crippen LogP contribution < -0.4 is 0 Å². The van der Waals surface area contributed by atoms with Crippen LogP contribution in [0.3, 0.4) is 0 Å². The van der Waals surface area contributed by atoms with Crippen LogP contribution in [0.25, 0.3) is 0 Å². The van der Waals surface area contributed by atoms with Crippen LogP contribution in [0.1, 0.15) is 0 Å². The molecule has 15 heavy (non-hydrogen) atoms. The lowest BCUT2D eigenvalue weighted by Gasteiger charge is -2.28. The van der Waals surface area contributed by atoms with Gasteiger partial charge in [-0.25, -0.2) is 0 Å². The first-order valence-electron chi connectivity index (χ1n) is 4.96. The Morgan fingerprint density at radius 3 is 2.73 bits per heavy atom. The molecule has 0 amide bonds. The molecule has 1 aliphatic heterocycles. The van der Waals surface area contributed by atoms with Crippen LogP contribution in [0.15, 0.2) is 0 Å². The van der Waals surface area contributed by atoms with Crippen molar-refractivity contribution in [3.05, 3.63) is 0 Å². The lowest BCUT2D eigenvalue weighted by atomic mass is 10.3. The smallest absolute Gasteiger partial charge is 0.313 e. The molecule has 0 aromatic rings. The van der Waals surface area contributed by atoms with E-state index in [1.54, 1.807) is 0 Å². The van der Waals surface area contributed by atoms with Crippen LogP contribution >= 0.6 is 11.8 Å². The van der Waals surface area contributed by atoms with E-state index in [1.807, 2.05) is 0 Å². The van der Waals surface area contributed by atoms with Crippen molar-refractivity contribution in [1.29, 1.82) is 0 Å². The predicted molar refractivity (Wildman–Crippen MR) is 58.2 cm³/mol. The van der Waals surface area contributed by atoms with E-state index in [1.165, 1.54) is 11.8 Å². The van der Waals surface area contributed by atoms with Crippen molar-refractivity contribution in [3.63, 3.8) is 0 Å². The van der Waals surface area contributed by atoms with Crippen molar-refractivity contribution in [2.45, 2.75) is 6.10 Å². The number of thioether (sulfide) groups is 1. The topological polar surface area (TPSA) is 70.0 Å². The average molecular weight is 235 g/mol. The Morgan fingerprint density at radius 1 is 1.47 bits per heavy atom. The van der Waals surface area contributed by atoms with Crippen molar-refractivity contribution in [3.8, 4) is 0 Å². The number of carbonyl (C=O) groups is 1. The van der Waals surface area contributed by atoms with Gasteiger partial charge < -0.3 is 14.9 Å². The van der Waals surface area contributed by atoms with Crippen LogP contribution in [0.5, 0.6) is 0 Å². The molecular weight excluding hydrogens is 218 g/mol. The van der Waals surface area contributed by atoms with E-state index in [0.29, 0.717) is 12.3 Å². The van der Waals surface area contributed by atoms with Crippen LogP contribution in [-0.2, 0) is 9.53 Å². The number of β-amino-alcohol motifs (C(OH)–C–C–N with tert-alkyl or cyclic N) is 1. The SMILES string of the molecule is O=C(O)CSCC(O)CN1CCOCC1. The highest BCUT2D eigenvalue weighted by molar-refractivity contribution is 7.99. The van der Waals surface area contributed by atoms with E-state index in [0.717, 1.165) is 26.3 Å². The van der Waals surface area contributed by atoms with E-state index in [4.69, 9.17) is 9.84 Å². The molecule has 6 heteroatoms. The van der Waals surface area contributed by atoms with Gasteiger partial charge in [-0.15, -0.1) is 11.8 Å². The minimum Gasteiger partial charge on any atom is -0.481 e. The highest BCUT2D eigenvalue weighted by Gasteiger charge is 2.14. The molecule has 0 saturated carbocycles. The van der Waals surface area contributed by atoms with Crippen molar-refractivity contribution in [2.24, 2.45) is 0 Å². The molecule has 1 rings (SSSR count). The second kappa shape index (κ2) is 7.05. The van der Waals surface area contributed by atoms with Gasteiger partial charge >= 0.3 is 5.97 Å². The van der Waals surface area contributed by atoms with Crippen LogP contribution in [-0.4, -0.2) is 71.5 Å². The fourth-order valence-corrected chi connectivity index (χ4v) is 2.09. The molecular formula is C9H17NO4S. The number of nitrogens with zero attached hydrogens (tertiary/aromatic N) is 1. The number of carboxylic acids is 1. The van der Waals surface area contributed by atoms with Crippen LogP contribution in [0, 0.1) is 0 Å². The van der Waals surface area contributed by atoms with E-state index < -0.39 is 12.1 Å². The number of hydrogen-bond acceptors (Lipinski definition) is 5. The number of ether oxygens (including phenoxy) is 1. The number of carboxylic acid groups (broad SMARTS) is 1. The van der Waals surface area contributed by atoms with Gasteiger partial charge in [0.05, 0.1) is 25.1 Å². The summed E-state index contributed by atoms with van der Waals surface area (Å²) in [6, 6.07) is 0. The number of aliphatic hydroxyl groups is 1. The fourth-order valence-electron chi connectivity index (χ4n) is 1.42. The third kappa shape index (κ3) is 5.99. The van der Waals surface area contributed by atoms with Gasteiger partial charge in [-0.3, -0.25) is 9.69 Å². The maximum atomic E-state index is 10.2. The summed E-state index contributed by atoms with van der Waals surface area (Å²) in [4.78, 5) is 12.4. The van der Waals surface area contributed by atoms with Gasteiger partial charge in [0, 0.05) is 25.4 Å². The Labute approximate surface area is 93.4 Å². The van der Waals surface area contributed by atoms with Gasteiger partial charge in [-0.05, 0) is 0 Å². The summed E-state index contributed by atoms with van der Waals surface area (Å²) < 4.78 is 5.19. The summed E-state index contributed by atoms with van der Waals surface area (Å²) in [6.07, 6.45) is -0.451. The van der Waals surface area contributed by atoms with Crippen molar-refractivity contribution in [2.75, 3.05) is 44.4 Å². The van der Waals surface area contributed by atoms with Crippen LogP contribution in [0.4, 0.5) is 0 Å². The zero-order chi connectivity index (χ0) is 11.1. The summed E-state index contributed by atoms with van der Waals surface area (Å²) >= 11 is 1.25. The second-order valence-electron chi connectivity index (χ2n) is 3.48. The zero-order valence-electron chi connectivity index (χ0n) is 8.59. The van der Waals surface area contributed by atoms with E-state index in [2.05, 4.69) is 4.90 Å². The minimum absolute atomic E-state index is 0.0557. The summed E-state index contributed by atoms with van der Waals surface area (Å²) in [5.41, 5.74) is 0. The average Bonchev–Trinajstić information content (AvgIpc) is 2.18. The number of aliphatic hydroxyl groups excluding tert-OH is 1. The summed E-state index contributed by atoms with van der Waals surface area (Å²) in [5.74, 6) is -0.303. The minimum atomic E-state index is -0.835. The fraction of sp³-hybridized carbons (Fsp3) is 0.889. The van der Waals surface area contributed by atoms with Gasteiger partial charge in [0.2, 0.25) is 0 Å². The first kappa shape index (κ1) is 12.8. The first-order valence-corrected chi connectivity index (χ1v) is 6.11. The zero-order valence-corrected chi connectivity index (χ0v) is 9.41. The molecule has 88 valence electrons. The lowest BCUT2D eigenvalue weighted by molar-refractivity contribution is -0.133. The Kier molecular flexibility index (Phi) is 6.00. The van der Waals surface area contributed by atoms with Crippen molar-refractivity contribution in [1.82, 2.24) is 4.90 Å². The molecule has 0 spiro atoms. The summed E-state index contributed by atoms with van der Waals surface area (Å²) in [6.45, 7) is 3.74. The molecule has 0 aromatic heterocycles. The van der Waals surface area contributed by atoms with E-state index in [-0.39, 0.29) is 5.75 Å². The molecule has 0 aliphatic carbocycles. The Morgan fingerprint density at radius 2 is 2.13 bits per heavy atom. The normalized spacial score (nSPS) is 20.1. The Balaban J connectivity index is 2.06. The monoisotopic (exact) mass is 235 g/mol. The lowest BCUT2D eigenvalue weighted by Crippen LogP contribution is -2.41. The molecule has 1 aliphatic rings. The molecule has 1 saturated heterocycles. The van der Waals surface area contributed by atoms with Gasteiger partial charge in [0.1, 0.15) is 0 Å². The third-order valence-corrected chi connectivity index (χ3v) is 3.18. The maximum absolute atomic E-state index is 10.2.